The molecule has 15 nitrogen and oxygen atoms in total. The second-order valence-electron chi connectivity index (χ2n) is 14.5. The van der Waals surface area contributed by atoms with Crippen LogP contribution in [-0.4, -0.2) is 94.9 Å². The first-order valence-electron chi connectivity index (χ1n) is 16.7. The van der Waals surface area contributed by atoms with Gasteiger partial charge in [-0.25, -0.2) is 4.79 Å². The van der Waals surface area contributed by atoms with Gasteiger partial charge in [0.05, 0.1) is 40.8 Å². The molecule has 1 N–H and O–H groups in total. The van der Waals surface area contributed by atoms with E-state index in [-0.39, 0.29) is 5.56 Å². The summed E-state index contributed by atoms with van der Waals surface area (Å²) in [5.41, 5.74) is -8.21. The third-order valence-corrected chi connectivity index (χ3v) is 10.1. The molecule has 0 unspecified atom stereocenters. The Hall–Kier alpha value is -3.98. The Morgan fingerprint density at radius 1 is 0.860 bits per heavy atom. The number of fused-ring (bicyclic) bond motifs is 1. The van der Waals surface area contributed by atoms with Crippen LogP contribution >= 0.6 is 0 Å². The SMILES string of the molecule is CC[C@@H](C)C(=O)OC[C@]12[C@@H](OC(=O)c3ccoc3)[C@H](OC(=O)C(C)C)[C@@H]3[C@@H](OC(C)=O)[C@]1(OC3(C)C)[C@@](C)(O)C[C@H](OC(C)=O)[C@@H]2OC(C)=O. The van der Waals surface area contributed by atoms with Crippen LogP contribution < -0.4 is 0 Å². The van der Waals surface area contributed by atoms with Crippen LogP contribution in [0.3, 0.4) is 0 Å². The number of hydrogen-bond acceptors (Lipinski definition) is 15. The largest absolute Gasteiger partial charge is 0.472 e. The standard InChI is InChI=1S/C35H48O15/c1-11-18(4)30(40)44-16-34-26(46-20(6)37)23(45-19(5)36)14-33(10,42)35(34)27(47-21(7)38)24(32(8,9)50-35)25(48-29(39)17(2)3)28(34)49-31(41)22-12-13-43-15-22/h12-13,15,17-18,23-28,42H,11,14,16H2,1-10H3/t18-,23+,24-,25-,26+,27-,28+,33+,34+,35+/m1/s1. The second-order valence-corrected chi connectivity index (χ2v) is 14.5. The zero-order chi connectivity index (χ0) is 37.6. The summed E-state index contributed by atoms with van der Waals surface area (Å²) in [5.74, 6) is -7.47. The molecule has 1 saturated heterocycles. The number of hydrogen-bond donors (Lipinski definition) is 1. The number of furan rings is 1. The molecule has 50 heavy (non-hydrogen) atoms. The van der Waals surface area contributed by atoms with E-state index >= 15 is 0 Å². The Balaban J connectivity index is 2.19. The average molecular weight is 709 g/mol. The van der Waals surface area contributed by atoms with Crippen LogP contribution in [0.2, 0.25) is 0 Å². The molecule has 2 bridgehead atoms. The molecular weight excluding hydrogens is 660 g/mol. The van der Waals surface area contributed by atoms with E-state index in [0.29, 0.717) is 6.42 Å². The van der Waals surface area contributed by atoms with Crippen molar-refractivity contribution in [2.45, 2.75) is 129 Å². The van der Waals surface area contributed by atoms with Gasteiger partial charge in [-0.2, -0.15) is 0 Å². The van der Waals surface area contributed by atoms with Crippen LogP contribution in [0.25, 0.3) is 0 Å². The molecule has 1 aromatic heterocycles. The van der Waals surface area contributed by atoms with Crippen LogP contribution in [0.15, 0.2) is 23.0 Å². The van der Waals surface area contributed by atoms with E-state index in [1.54, 1.807) is 41.5 Å². The zero-order valence-corrected chi connectivity index (χ0v) is 30.1. The van der Waals surface area contributed by atoms with Crippen LogP contribution in [0, 0.1) is 23.2 Å². The van der Waals surface area contributed by atoms with Crippen LogP contribution in [0.1, 0.15) is 92.4 Å². The van der Waals surface area contributed by atoms with E-state index in [2.05, 4.69) is 0 Å². The van der Waals surface area contributed by atoms with Gasteiger partial charge in [-0.1, -0.05) is 27.7 Å². The van der Waals surface area contributed by atoms with Crippen LogP contribution in [0.4, 0.5) is 0 Å². The van der Waals surface area contributed by atoms with Gasteiger partial charge in [0.25, 0.3) is 0 Å². The van der Waals surface area contributed by atoms with E-state index in [4.69, 9.17) is 37.6 Å². The number of carbonyl (C=O) groups is 6. The second kappa shape index (κ2) is 14.0. The summed E-state index contributed by atoms with van der Waals surface area (Å²) in [4.78, 5) is 79.5. The summed E-state index contributed by atoms with van der Waals surface area (Å²) in [6.45, 7) is 13.6. The molecule has 2 heterocycles. The lowest BCUT2D eigenvalue weighted by Crippen LogP contribution is -2.85. The first-order chi connectivity index (χ1) is 23.2. The minimum atomic E-state index is -2.30. The molecule has 0 aromatic carbocycles. The predicted molar refractivity (Wildman–Crippen MR) is 169 cm³/mol. The molecule has 3 fully saturated rings. The Bertz CT molecular complexity index is 1480. The highest BCUT2D eigenvalue weighted by Gasteiger charge is 2.89. The van der Waals surface area contributed by atoms with Gasteiger partial charge >= 0.3 is 35.8 Å². The molecule has 3 aliphatic rings. The normalized spacial score (nSPS) is 34.5. The molecule has 2 saturated carbocycles. The quantitative estimate of drug-likeness (QED) is 0.259. The fourth-order valence-electron chi connectivity index (χ4n) is 7.98. The highest BCUT2D eigenvalue weighted by atomic mass is 16.7. The minimum absolute atomic E-state index is 0.0579. The lowest BCUT2D eigenvalue weighted by molar-refractivity contribution is -0.363. The maximum atomic E-state index is 13.9. The number of aliphatic hydroxyl groups is 1. The molecule has 15 heteroatoms. The summed E-state index contributed by atoms with van der Waals surface area (Å²) in [6.07, 6.45) is -5.74. The van der Waals surface area contributed by atoms with Gasteiger partial charge < -0.3 is 42.7 Å². The fourth-order valence-corrected chi connectivity index (χ4v) is 7.98. The Kier molecular flexibility index (Phi) is 10.8. The molecule has 2 aliphatic carbocycles. The lowest BCUT2D eigenvalue weighted by atomic mass is 9.45. The van der Waals surface area contributed by atoms with E-state index in [0.717, 1.165) is 27.0 Å². The van der Waals surface area contributed by atoms with Gasteiger partial charge in [0.2, 0.25) is 0 Å². The van der Waals surface area contributed by atoms with Crippen molar-refractivity contribution in [3.8, 4) is 0 Å². The van der Waals surface area contributed by atoms with Crippen LogP contribution in [-0.2, 0) is 57.1 Å². The van der Waals surface area contributed by atoms with Gasteiger partial charge in [-0.05, 0) is 33.3 Å². The highest BCUT2D eigenvalue weighted by Crippen LogP contribution is 2.69. The molecule has 10 atom stereocenters. The van der Waals surface area contributed by atoms with Gasteiger partial charge in [0, 0.05) is 27.2 Å². The van der Waals surface area contributed by atoms with Crippen molar-refractivity contribution in [2.24, 2.45) is 23.2 Å². The smallest absolute Gasteiger partial charge is 0.341 e. The van der Waals surface area contributed by atoms with Crippen molar-refractivity contribution in [2.75, 3.05) is 6.61 Å². The first kappa shape index (κ1) is 38.8. The summed E-state index contributed by atoms with van der Waals surface area (Å²) in [7, 11) is 0. The molecule has 1 spiro atoms. The molecule has 0 radical (unpaired) electrons. The van der Waals surface area contributed by atoms with E-state index in [1.165, 1.54) is 19.3 Å². The summed E-state index contributed by atoms with van der Waals surface area (Å²) < 4.78 is 48.1. The van der Waals surface area contributed by atoms with Crippen LogP contribution in [0.5, 0.6) is 0 Å². The number of ether oxygens (including phenoxy) is 7. The Labute approximate surface area is 290 Å². The van der Waals surface area contributed by atoms with Crippen molar-refractivity contribution in [3.05, 3.63) is 24.2 Å². The lowest BCUT2D eigenvalue weighted by Gasteiger charge is -2.66. The molecule has 4 rings (SSSR count). The van der Waals surface area contributed by atoms with E-state index < -0.39 is 119 Å². The topological polar surface area (TPSA) is 200 Å². The van der Waals surface area contributed by atoms with Gasteiger partial charge in [0.1, 0.15) is 36.6 Å². The van der Waals surface area contributed by atoms with Gasteiger partial charge in [0.15, 0.2) is 17.8 Å². The van der Waals surface area contributed by atoms with E-state index in [1.807, 2.05) is 0 Å². The number of esters is 6. The third-order valence-electron chi connectivity index (χ3n) is 10.1. The first-order valence-corrected chi connectivity index (χ1v) is 16.7. The summed E-state index contributed by atoms with van der Waals surface area (Å²) >= 11 is 0. The molecule has 0 amide bonds. The van der Waals surface area contributed by atoms with Crippen molar-refractivity contribution in [1.29, 1.82) is 0 Å². The molecular formula is C35H48O15. The average Bonchev–Trinajstić information content (AvgIpc) is 3.60. The maximum absolute atomic E-state index is 13.9. The Morgan fingerprint density at radius 3 is 1.98 bits per heavy atom. The minimum Gasteiger partial charge on any atom is -0.472 e. The maximum Gasteiger partial charge on any atom is 0.341 e. The third kappa shape index (κ3) is 6.49. The zero-order valence-electron chi connectivity index (χ0n) is 30.1. The predicted octanol–water partition coefficient (Wildman–Crippen LogP) is 3.08. The molecule has 278 valence electrons. The highest BCUT2D eigenvalue weighted by molar-refractivity contribution is 5.89. The van der Waals surface area contributed by atoms with Crippen molar-refractivity contribution in [3.63, 3.8) is 0 Å². The number of carbonyl (C=O) groups excluding carboxylic acids is 6. The van der Waals surface area contributed by atoms with Gasteiger partial charge in [-0.3, -0.25) is 24.0 Å². The van der Waals surface area contributed by atoms with Gasteiger partial charge in [-0.15, -0.1) is 0 Å². The fraction of sp³-hybridized carbons (Fsp3) is 0.714. The molecule has 1 aliphatic heterocycles. The Morgan fingerprint density at radius 2 is 1.46 bits per heavy atom. The van der Waals surface area contributed by atoms with Crippen molar-refractivity contribution >= 4 is 35.8 Å². The number of rotatable bonds is 11. The van der Waals surface area contributed by atoms with Crippen molar-refractivity contribution < 1.29 is 71.4 Å². The summed E-state index contributed by atoms with van der Waals surface area (Å²) in [5, 5.41) is 12.7. The van der Waals surface area contributed by atoms with Crippen molar-refractivity contribution in [1.82, 2.24) is 0 Å². The molecule has 1 aromatic rings. The van der Waals surface area contributed by atoms with E-state index in [9.17, 15) is 33.9 Å². The monoisotopic (exact) mass is 708 g/mol. The summed E-state index contributed by atoms with van der Waals surface area (Å²) in [6, 6.07) is 1.32.